The van der Waals surface area contributed by atoms with E-state index in [4.69, 9.17) is 5.73 Å². The number of carbonyl (C=O) groups excluding carboxylic acids is 1. The van der Waals surface area contributed by atoms with Gasteiger partial charge < -0.3 is 10.6 Å². The number of anilines is 2. The third-order valence-corrected chi connectivity index (χ3v) is 5.30. The van der Waals surface area contributed by atoms with Crippen molar-refractivity contribution in [2.75, 3.05) is 35.2 Å². The Labute approximate surface area is 117 Å². The number of Topliss-reactive ketones (excluding diaryl/α,β-unsaturated/α-hetero) is 1. The maximum atomic E-state index is 12.0. The molecule has 0 spiro atoms. The minimum atomic E-state index is 0.0125. The Morgan fingerprint density at radius 3 is 2.89 bits per heavy atom. The van der Waals surface area contributed by atoms with Crippen molar-refractivity contribution in [1.82, 2.24) is 0 Å². The maximum Gasteiger partial charge on any atom is 0.177 e. The largest absolute Gasteiger partial charge is 0.397 e. The quantitative estimate of drug-likeness (QED) is 0.866. The highest BCUT2D eigenvalue weighted by molar-refractivity contribution is 7.99. The van der Waals surface area contributed by atoms with Crippen molar-refractivity contribution in [2.45, 2.75) is 20.3 Å². The summed E-state index contributed by atoms with van der Waals surface area (Å²) < 4.78 is 0. The van der Waals surface area contributed by atoms with Crippen LogP contribution in [0.2, 0.25) is 0 Å². The average molecular weight is 284 g/mol. The molecule has 1 aromatic heterocycles. The van der Waals surface area contributed by atoms with Crippen LogP contribution < -0.4 is 10.6 Å². The van der Waals surface area contributed by atoms with Crippen LogP contribution in [0.25, 0.3) is 0 Å². The Balaban J connectivity index is 2.19. The first-order chi connectivity index (χ1) is 8.59. The summed E-state index contributed by atoms with van der Waals surface area (Å²) in [5, 5.41) is 1.15. The van der Waals surface area contributed by atoms with Crippen molar-refractivity contribution in [2.24, 2.45) is 5.92 Å². The number of thiophene rings is 1. The Hall–Kier alpha value is -0.680. The molecule has 0 unspecified atom stereocenters. The van der Waals surface area contributed by atoms with Crippen molar-refractivity contribution in [3.63, 3.8) is 0 Å². The molecule has 2 N–H and O–H groups in total. The van der Waals surface area contributed by atoms with Crippen LogP contribution in [0, 0.1) is 5.92 Å². The van der Waals surface area contributed by atoms with E-state index >= 15 is 0 Å². The topological polar surface area (TPSA) is 46.3 Å². The lowest BCUT2D eigenvalue weighted by atomic mass is 10.1. The summed E-state index contributed by atoms with van der Waals surface area (Å²) >= 11 is 3.55. The van der Waals surface area contributed by atoms with Gasteiger partial charge in [-0.15, -0.1) is 11.3 Å². The van der Waals surface area contributed by atoms with Gasteiger partial charge >= 0.3 is 0 Å². The van der Waals surface area contributed by atoms with E-state index in [1.807, 2.05) is 31.7 Å². The molecule has 2 rings (SSSR count). The van der Waals surface area contributed by atoms with Crippen LogP contribution in [0.1, 0.15) is 29.9 Å². The zero-order chi connectivity index (χ0) is 13.1. The molecule has 100 valence electrons. The van der Waals surface area contributed by atoms with E-state index in [2.05, 4.69) is 4.90 Å². The fourth-order valence-electron chi connectivity index (χ4n) is 1.97. The zero-order valence-corrected chi connectivity index (χ0v) is 12.6. The molecular formula is C13H20N2OS2. The second-order valence-electron chi connectivity index (χ2n) is 4.84. The molecule has 1 aliphatic rings. The molecule has 1 aliphatic heterocycles. The number of nitrogens with zero attached hydrogens (tertiary/aromatic N) is 1. The van der Waals surface area contributed by atoms with Crippen molar-refractivity contribution in [1.29, 1.82) is 0 Å². The molecule has 0 aromatic carbocycles. The maximum absolute atomic E-state index is 12.0. The Morgan fingerprint density at radius 2 is 2.17 bits per heavy atom. The van der Waals surface area contributed by atoms with Crippen molar-refractivity contribution >= 4 is 39.6 Å². The number of nitrogen functional groups attached to an aromatic ring is 1. The average Bonchev–Trinajstić information content (AvgIpc) is 2.55. The van der Waals surface area contributed by atoms with Gasteiger partial charge in [-0.05, 0) is 18.2 Å². The molecule has 0 amide bonds. The molecule has 5 heteroatoms. The Morgan fingerprint density at radius 1 is 1.39 bits per heavy atom. The first-order valence-corrected chi connectivity index (χ1v) is 8.33. The number of thioether (sulfide) groups is 1. The van der Waals surface area contributed by atoms with Gasteiger partial charge in [0.05, 0.1) is 15.6 Å². The van der Waals surface area contributed by atoms with E-state index in [9.17, 15) is 4.79 Å². The van der Waals surface area contributed by atoms with Crippen LogP contribution in [0.5, 0.6) is 0 Å². The summed E-state index contributed by atoms with van der Waals surface area (Å²) in [5.41, 5.74) is 6.63. The van der Waals surface area contributed by atoms with Crippen LogP contribution in [0.4, 0.5) is 10.7 Å². The van der Waals surface area contributed by atoms with Gasteiger partial charge in [0.2, 0.25) is 0 Å². The molecule has 0 bridgehead atoms. The predicted octanol–water partition coefficient (Wildman–Crippen LogP) is 3.11. The molecule has 18 heavy (non-hydrogen) atoms. The zero-order valence-electron chi connectivity index (χ0n) is 10.9. The molecular weight excluding hydrogens is 264 g/mol. The van der Waals surface area contributed by atoms with E-state index in [0.717, 1.165) is 28.7 Å². The summed E-state index contributed by atoms with van der Waals surface area (Å²) in [6.07, 6.45) is 1.20. The van der Waals surface area contributed by atoms with E-state index in [1.165, 1.54) is 12.2 Å². The minimum Gasteiger partial charge on any atom is -0.397 e. The van der Waals surface area contributed by atoms with Crippen LogP contribution in [0.3, 0.4) is 0 Å². The lowest BCUT2D eigenvalue weighted by Crippen LogP contribution is -2.24. The van der Waals surface area contributed by atoms with E-state index in [1.54, 1.807) is 11.3 Å². The third kappa shape index (κ3) is 3.01. The molecule has 0 aliphatic carbocycles. The molecule has 0 radical (unpaired) electrons. The van der Waals surface area contributed by atoms with Crippen molar-refractivity contribution in [3.8, 4) is 0 Å². The van der Waals surface area contributed by atoms with Gasteiger partial charge in [0.1, 0.15) is 0 Å². The van der Waals surface area contributed by atoms with Crippen LogP contribution in [-0.2, 0) is 0 Å². The first kappa shape index (κ1) is 13.7. The van der Waals surface area contributed by atoms with Gasteiger partial charge in [-0.25, -0.2) is 0 Å². The highest BCUT2D eigenvalue weighted by Crippen LogP contribution is 2.34. The number of nitrogens with two attached hydrogens (primary N) is 1. The molecule has 0 saturated carbocycles. The summed E-state index contributed by atoms with van der Waals surface area (Å²) in [4.78, 5) is 15.1. The summed E-state index contributed by atoms with van der Waals surface area (Å²) in [7, 11) is 0. The number of hydrogen-bond acceptors (Lipinski definition) is 5. The van der Waals surface area contributed by atoms with Gasteiger partial charge in [-0.2, -0.15) is 11.8 Å². The smallest absolute Gasteiger partial charge is 0.177 e. The lowest BCUT2D eigenvalue weighted by molar-refractivity contribution is 0.0944. The molecule has 0 atom stereocenters. The predicted molar refractivity (Wildman–Crippen MR) is 82.1 cm³/mol. The van der Waals surface area contributed by atoms with Crippen LogP contribution in [0.15, 0.2) is 6.07 Å². The Bertz CT molecular complexity index is 421. The first-order valence-electron chi connectivity index (χ1n) is 6.36. The minimum absolute atomic E-state index is 0.0125. The molecule has 1 aromatic rings. The van der Waals surface area contributed by atoms with Gasteiger partial charge in [0, 0.05) is 24.8 Å². The second-order valence-corrected chi connectivity index (χ2v) is 7.10. The highest BCUT2D eigenvalue weighted by atomic mass is 32.2. The number of hydrogen-bond donors (Lipinski definition) is 1. The van der Waals surface area contributed by atoms with E-state index < -0.39 is 0 Å². The van der Waals surface area contributed by atoms with Gasteiger partial charge in [-0.3, -0.25) is 4.79 Å². The van der Waals surface area contributed by atoms with Crippen LogP contribution >= 0.6 is 23.1 Å². The standard InChI is InChI=1S/C13H20N2OS2/c1-9(2)12(16)13-10(14)8-11(18-13)15-4-3-6-17-7-5-15/h8-9H,3-7,14H2,1-2H3. The van der Waals surface area contributed by atoms with Gasteiger partial charge in [0.15, 0.2) is 5.78 Å². The summed E-state index contributed by atoms with van der Waals surface area (Å²) in [6, 6.07) is 1.97. The van der Waals surface area contributed by atoms with E-state index in [0.29, 0.717) is 5.69 Å². The number of rotatable bonds is 3. The SMILES string of the molecule is CC(C)C(=O)c1sc(N2CCCSCC2)cc1N. The summed E-state index contributed by atoms with van der Waals surface area (Å²) in [5.74, 6) is 2.56. The van der Waals surface area contributed by atoms with Crippen LogP contribution in [-0.4, -0.2) is 30.4 Å². The lowest BCUT2D eigenvalue weighted by Gasteiger charge is -2.19. The molecule has 1 fully saturated rings. The summed E-state index contributed by atoms with van der Waals surface area (Å²) in [6.45, 7) is 5.97. The van der Waals surface area contributed by atoms with E-state index in [-0.39, 0.29) is 11.7 Å². The van der Waals surface area contributed by atoms with Crippen molar-refractivity contribution in [3.05, 3.63) is 10.9 Å². The van der Waals surface area contributed by atoms with Gasteiger partial charge in [-0.1, -0.05) is 13.8 Å². The Kier molecular flexibility index (Phi) is 4.56. The molecule has 1 saturated heterocycles. The number of ketones is 1. The molecule has 2 heterocycles. The second kappa shape index (κ2) is 5.97. The monoisotopic (exact) mass is 284 g/mol. The van der Waals surface area contributed by atoms with Gasteiger partial charge in [0.25, 0.3) is 0 Å². The third-order valence-electron chi connectivity index (χ3n) is 3.03. The molecule has 3 nitrogen and oxygen atoms in total. The fraction of sp³-hybridized carbons (Fsp3) is 0.615. The fourth-order valence-corrected chi connectivity index (χ4v) is 4.08. The highest BCUT2D eigenvalue weighted by Gasteiger charge is 2.20. The number of carbonyl (C=O) groups is 1. The normalized spacial score (nSPS) is 16.9. The van der Waals surface area contributed by atoms with Crippen molar-refractivity contribution < 1.29 is 4.79 Å².